The van der Waals surface area contributed by atoms with Crippen LogP contribution in [0.1, 0.15) is 36.8 Å². The summed E-state index contributed by atoms with van der Waals surface area (Å²) in [6.07, 6.45) is 1.18. The highest BCUT2D eigenvalue weighted by Gasteiger charge is 2.31. The molecule has 0 spiro atoms. The first-order valence-electron chi connectivity index (χ1n) is 15.8. The molecule has 1 saturated heterocycles. The van der Waals surface area contributed by atoms with Crippen LogP contribution in [0.2, 0.25) is 0 Å². The van der Waals surface area contributed by atoms with E-state index in [1.807, 2.05) is 6.07 Å². The van der Waals surface area contributed by atoms with Gasteiger partial charge in [-0.15, -0.1) is 0 Å². The average Bonchev–Trinajstić information content (AvgIpc) is 3.06. The summed E-state index contributed by atoms with van der Waals surface area (Å²) in [7, 11) is 0. The first-order chi connectivity index (χ1) is 23.0. The van der Waals surface area contributed by atoms with Crippen molar-refractivity contribution in [2.75, 3.05) is 26.2 Å². The number of hydrogen-bond acceptors (Lipinski definition) is 8. The Hall–Kier alpha value is -5.38. The molecule has 260 valence electrons. The van der Waals surface area contributed by atoms with Gasteiger partial charge in [-0.25, -0.2) is 9.59 Å². The molecular weight excluding hydrogens is 622 g/mol. The van der Waals surface area contributed by atoms with Crippen molar-refractivity contribution in [3.63, 3.8) is 0 Å². The third kappa shape index (κ3) is 13.2. The highest BCUT2D eigenvalue weighted by Crippen LogP contribution is 2.12. The molecule has 16 heteroatoms. The number of aromatic hydroxyl groups is 1. The second-order valence-electron chi connectivity index (χ2n) is 11.4. The third-order valence-electron chi connectivity index (χ3n) is 7.54. The number of carbonyl (C=O) groups is 6. The number of phenolic OH excluding ortho intramolecular Hbond substituents is 1. The van der Waals surface area contributed by atoms with Gasteiger partial charge in [-0.3, -0.25) is 19.2 Å². The van der Waals surface area contributed by atoms with Gasteiger partial charge >= 0.3 is 12.1 Å². The van der Waals surface area contributed by atoms with Gasteiger partial charge in [-0.1, -0.05) is 42.5 Å². The van der Waals surface area contributed by atoms with E-state index >= 15 is 0 Å². The number of urea groups is 2. The lowest BCUT2D eigenvalue weighted by Gasteiger charge is -2.26. The lowest BCUT2D eigenvalue weighted by atomic mass is 10.0. The van der Waals surface area contributed by atoms with Crippen molar-refractivity contribution in [1.29, 1.82) is 0 Å². The van der Waals surface area contributed by atoms with Crippen molar-refractivity contribution >= 4 is 35.7 Å². The maximum absolute atomic E-state index is 13.7. The summed E-state index contributed by atoms with van der Waals surface area (Å²) in [5, 5.41) is 28.1. The predicted molar refractivity (Wildman–Crippen MR) is 176 cm³/mol. The van der Waals surface area contributed by atoms with Crippen LogP contribution in [0.4, 0.5) is 9.59 Å². The standard InChI is InChI=1S/C32H45N9O7/c33-23(18-21-10-12-22(42)13-11-21)27(43)39-25-9-5-15-38-32(48)37-14-4-8-24(28(44)35-16-17-36-31(34)47)40-30(46)26(41-29(25)45)19-20-6-2-1-3-7-20/h1-3,6-7,10-13,23-26,42H,4-5,8-9,14-19,33H2,(H,35,44)(H,39,43)(H,40,46)(H,41,45)(H3,34,36,47)(H2,37,38,48)/t23-,24-,25+,26-/m0/s1. The number of amides is 8. The van der Waals surface area contributed by atoms with Gasteiger partial charge < -0.3 is 53.8 Å². The van der Waals surface area contributed by atoms with Crippen LogP contribution >= 0.6 is 0 Å². The Kier molecular flexibility index (Phi) is 14.9. The van der Waals surface area contributed by atoms with Crippen molar-refractivity contribution < 1.29 is 33.9 Å². The largest absolute Gasteiger partial charge is 0.508 e. The molecule has 1 aliphatic heterocycles. The van der Waals surface area contributed by atoms with Gasteiger partial charge in [0.15, 0.2) is 0 Å². The quantitative estimate of drug-likeness (QED) is 0.135. The van der Waals surface area contributed by atoms with Crippen LogP contribution in [0.15, 0.2) is 54.6 Å². The van der Waals surface area contributed by atoms with E-state index in [-0.39, 0.29) is 57.6 Å². The highest BCUT2D eigenvalue weighted by molar-refractivity contribution is 5.95. The van der Waals surface area contributed by atoms with Crippen LogP contribution in [0.25, 0.3) is 0 Å². The summed E-state index contributed by atoms with van der Waals surface area (Å²) in [4.78, 5) is 76.9. The molecule has 2 aromatic carbocycles. The van der Waals surface area contributed by atoms with E-state index < -0.39 is 59.9 Å². The van der Waals surface area contributed by atoms with E-state index in [9.17, 15) is 33.9 Å². The van der Waals surface area contributed by atoms with E-state index in [4.69, 9.17) is 11.5 Å². The third-order valence-corrected chi connectivity index (χ3v) is 7.54. The maximum atomic E-state index is 13.7. The maximum Gasteiger partial charge on any atom is 0.314 e. The minimum absolute atomic E-state index is 0.0508. The summed E-state index contributed by atoms with van der Waals surface area (Å²) < 4.78 is 0. The number of benzene rings is 2. The first-order valence-corrected chi connectivity index (χ1v) is 15.8. The molecule has 0 aliphatic carbocycles. The summed E-state index contributed by atoms with van der Waals surface area (Å²) in [6, 6.07) is 9.73. The zero-order valence-corrected chi connectivity index (χ0v) is 26.6. The van der Waals surface area contributed by atoms with Crippen LogP contribution in [0.3, 0.4) is 0 Å². The van der Waals surface area contributed by atoms with E-state index in [0.29, 0.717) is 18.4 Å². The highest BCUT2D eigenvalue weighted by atomic mass is 16.3. The second kappa shape index (κ2) is 19.3. The summed E-state index contributed by atoms with van der Waals surface area (Å²) >= 11 is 0. The SMILES string of the molecule is NC(=O)NCCNC(=O)[C@@H]1CCCNC(=O)NCCC[C@@H](NC(=O)[C@@H](N)Cc2ccc(O)cc2)C(=O)N[C@@H](Cc2ccccc2)C(=O)N1. The number of primary amides is 1. The van der Waals surface area contributed by atoms with Crippen molar-refractivity contribution in [3.05, 3.63) is 65.7 Å². The van der Waals surface area contributed by atoms with Gasteiger partial charge in [-0.2, -0.15) is 0 Å². The minimum Gasteiger partial charge on any atom is -0.508 e. The molecule has 8 amide bonds. The summed E-state index contributed by atoms with van der Waals surface area (Å²) in [6.45, 7) is 0.539. The number of nitrogens with two attached hydrogens (primary N) is 2. The Morgan fingerprint density at radius 2 is 1.48 bits per heavy atom. The molecule has 4 atom stereocenters. The number of carbonyl (C=O) groups excluding carboxylic acids is 6. The van der Waals surface area contributed by atoms with Crippen molar-refractivity contribution in [2.24, 2.45) is 11.5 Å². The summed E-state index contributed by atoms with van der Waals surface area (Å²) in [5.74, 6) is -2.34. The zero-order chi connectivity index (χ0) is 34.9. The van der Waals surface area contributed by atoms with E-state index in [1.54, 1.807) is 36.4 Å². The first kappa shape index (κ1) is 37.1. The van der Waals surface area contributed by atoms with Crippen molar-refractivity contribution in [2.45, 2.75) is 62.7 Å². The van der Waals surface area contributed by atoms with E-state index in [2.05, 4.69) is 37.2 Å². The smallest absolute Gasteiger partial charge is 0.314 e. The second-order valence-corrected chi connectivity index (χ2v) is 11.4. The van der Waals surface area contributed by atoms with Gasteiger partial charge in [0.05, 0.1) is 6.04 Å². The van der Waals surface area contributed by atoms with Gasteiger partial charge in [0.2, 0.25) is 23.6 Å². The summed E-state index contributed by atoms with van der Waals surface area (Å²) in [5.41, 5.74) is 12.7. The fourth-order valence-electron chi connectivity index (χ4n) is 4.97. The Balaban J connectivity index is 1.81. The zero-order valence-electron chi connectivity index (χ0n) is 26.6. The molecule has 0 saturated carbocycles. The molecule has 1 fully saturated rings. The monoisotopic (exact) mass is 667 g/mol. The topological polar surface area (TPSA) is 259 Å². The molecular formula is C32H45N9O7. The molecule has 0 aromatic heterocycles. The van der Waals surface area contributed by atoms with Crippen molar-refractivity contribution in [1.82, 2.24) is 37.2 Å². The van der Waals surface area contributed by atoms with Crippen molar-refractivity contribution in [3.8, 4) is 5.75 Å². The van der Waals surface area contributed by atoms with Crippen LogP contribution in [-0.4, -0.2) is 91.1 Å². The predicted octanol–water partition coefficient (Wildman–Crippen LogP) is -1.38. The van der Waals surface area contributed by atoms with E-state index in [1.165, 1.54) is 12.1 Å². The number of hydrogen-bond donors (Lipinski definition) is 10. The van der Waals surface area contributed by atoms with Gasteiger partial charge in [0.1, 0.15) is 23.9 Å². The molecule has 1 aliphatic rings. The lowest BCUT2D eigenvalue weighted by molar-refractivity contribution is -0.134. The fraction of sp³-hybridized carbons (Fsp3) is 0.438. The average molecular weight is 668 g/mol. The van der Waals surface area contributed by atoms with Gasteiger partial charge in [0, 0.05) is 32.6 Å². The molecule has 0 unspecified atom stereocenters. The molecule has 0 bridgehead atoms. The molecule has 1 heterocycles. The Bertz CT molecular complexity index is 1390. The minimum atomic E-state index is -1.12. The lowest BCUT2D eigenvalue weighted by Crippen LogP contribution is -2.58. The number of phenols is 1. The molecule has 2 aromatic rings. The van der Waals surface area contributed by atoms with Crippen LogP contribution < -0.4 is 48.7 Å². The van der Waals surface area contributed by atoms with Gasteiger partial charge in [-0.05, 0) is 55.4 Å². The number of rotatable bonds is 10. The molecule has 0 radical (unpaired) electrons. The van der Waals surface area contributed by atoms with Gasteiger partial charge in [0.25, 0.3) is 0 Å². The normalized spacial score (nSPS) is 20.1. The van der Waals surface area contributed by atoms with Crippen LogP contribution in [-0.2, 0) is 32.0 Å². The molecule has 12 N–H and O–H groups in total. The van der Waals surface area contributed by atoms with Crippen LogP contribution in [0.5, 0.6) is 5.75 Å². The number of nitrogens with one attached hydrogen (secondary N) is 7. The molecule has 3 rings (SSSR count). The Morgan fingerprint density at radius 3 is 2.15 bits per heavy atom. The molecule has 16 nitrogen and oxygen atoms in total. The Morgan fingerprint density at radius 1 is 0.833 bits per heavy atom. The fourth-order valence-corrected chi connectivity index (χ4v) is 4.97. The van der Waals surface area contributed by atoms with Crippen LogP contribution in [0, 0.1) is 0 Å². The van der Waals surface area contributed by atoms with E-state index in [0.717, 1.165) is 5.56 Å². The Labute approximate surface area is 278 Å². The molecule has 48 heavy (non-hydrogen) atoms.